The van der Waals surface area contributed by atoms with Gasteiger partial charge in [-0.25, -0.2) is 0 Å². The van der Waals surface area contributed by atoms with Crippen molar-refractivity contribution in [2.75, 3.05) is 0 Å². The van der Waals surface area contributed by atoms with Crippen LogP contribution in [0.15, 0.2) is 0 Å². The number of hydrogen-bond donors (Lipinski definition) is 2. The molecule has 0 radical (unpaired) electrons. The topological polar surface area (TPSA) is 38.0 Å². The minimum atomic E-state index is 0.235. The highest BCUT2D eigenvalue weighted by Gasteiger charge is 2.35. The molecule has 0 saturated heterocycles. The molecule has 2 nitrogen and oxygen atoms in total. The summed E-state index contributed by atoms with van der Waals surface area (Å²) < 4.78 is 0. The molecule has 1 aliphatic carbocycles. The van der Waals surface area contributed by atoms with Gasteiger partial charge >= 0.3 is 0 Å². The van der Waals surface area contributed by atoms with Crippen LogP contribution in [0.3, 0.4) is 0 Å². The molecule has 9 heavy (non-hydrogen) atoms. The van der Waals surface area contributed by atoms with Gasteiger partial charge in [0.25, 0.3) is 0 Å². The van der Waals surface area contributed by atoms with E-state index in [1.165, 1.54) is 0 Å². The zero-order valence-corrected chi connectivity index (χ0v) is 6.44. The van der Waals surface area contributed by atoms with Crippen molar-refractivity contribution in [1.29, 1.82) is 0 Å². The van der Waals surface area contributed by atoms with E-state index >= 15 is 0 Å². The van der Waals surface area contributed by atoms with Crippen molar-refractivity contribution >= 4 is 0 Å². The molecular weight excluding hydrogens is 112 g/mol. The quantitative estimate of drug-likeness (QED) is 0.539. The molecule has 1 saturated carbocycles. The highest BCUT2D eigenvalue weighted by molar-refractivity contribution is 4.99. The van der Waals surface area contributed by atoms with E-state index in [0.29, 0.717) is 12.1 Å². The fraction of sp³-hybridized carbons (Fsp3) is 1.00. The molecule has 0 aromatic carbocycles. The van der Waals surface area contributed by atoms with Gasteiger partial charge in [-0.1, -0.05) is 0 Å². The monoisotopic (exact) mass is 128 g/mol. The van der Waals surface area contributed by atoms with Crippen LogP contribution >= 0.6 is 0 Å². The van der Waals surface area contributed by atoms with Crippen LogP contribution in [0.2, 0.25) is 0 Å². The third-order valence-electron chi connectivity index (χ3n) is 1.46. The van der Waals surface area contributed by atoms with Gasteiger partial charge in [0.1, 0.15) is 0 Å². The number of hydrogen-bond acceptors (Lipinski definition) is 2. The Hall–Kier alpha value is -0.0800. The Kier molecular flexibility index (Phi) is 1.53. The molecule has 2 heteroatoms. The second-order valence-electron chi connectivity index (χ2n) is 3.90. The molecule has 0 aromatic heterocycles. The minimum Gasteiger partial charge on any atom is -0.326 e. The average Bonchev–Trinajstić information content (AvgIpc) is 2.13. The average molecular weight is 128 g/mol. The standard InChI is InChI=1S/C7H16N2/c1-7(2,3)9-6-4-5(6)8/h5-6,9H,4,8H2,1-3H3/t5-,6-/m0/s1. The second kappa shape index (κ2) is 1.96. The van der Waals surface area contributed by atoms with Gasteiger partial charge in [0.05, 0.1) is 0 Å². The number of nitrogens with one attached hydrogen (secondary N) is 1. The van der Waals surface area contributed by atoms with Crippen LogP contribution in [0.5, 0.6) is 0 Å². The fourth-order valence-corrected chi connectivity index (χ4v) is 0.937. The van der Waals surface area contributed by atoms with E-state index in [1.54, 1.807) is 0 Å². The Morgan fingerprint density at radius 1 is 1.44 bits per heavy atom. The van der Waals surface area contributed by atoms with Crippen LogP contribution in [-0.4, -0.2) is 17.6 Å². The third-order valence-corrected chi connectivity index (χ3v) is 1.46. The molecule has 2 atom stereocenters. The highest BCUT2D eigenvalue weighted by atomic mass is 15.1. The van der Waals surface area contributed by atoms with Gasteiger partial charge in [-0.2, -0.15) is 0 Å². The summed E-state index contributed by atoms with van der Waals surface area (Å²) in [5, 5.41) is 3.42. The molecule has 1 aliphatic rings. The van der Waals surface area contributed by atoms with Crippen molar-refractivity contribution in [3.63, 3.8) is 0 Å². The van der Waals surface area contributed by atoms with Gasteiger partial charge in [-0.15, -0.1) is 0 Å². The molecule has 0 aliphatic heterocycles. The maximum absolute atomic E-state index is 5.61. The zero-order chi connectivity index (χ0) is 7.07. The molecule has 3 N–H and O–H groups in total. The molecule has 0 bridgehead atoms. The predicted molar refractivity (Wildman–Crippen MR) is 39.3 cm³/mol. The molecule has 0 aromatic rings. The molecule has 1 fully saturated rings. The molecule has 54 valence electrons. The molecule has 0 heterocycles. The Labute approximate surface area is 56.8 Å². The van der Waals surface area contributed by atoms with Gasteiger partial charge < -0.3 is 11.1 Å². The van der Waals surface area contributed by atoms with Crippen molar-refractivity contribution in [3.05, 3.63) is 0 Å². The maximum atomic E-state index is 5.61. The molecule has 0 spiro atoms. The fourth-order valence-electron chi connectivity index (χ4n) is 0.937. The van der Waals surface area contributed by atoms with Gasteiger partial charge in [0, 0.05) is 17.6 Å². The van der Waals surface area contributed by atoms with Crippen LogP contribution in [0.4, 0.5) is 0 Å². The van der Waals surface area contributed by atoms with E-state index in [9.17, 15) is 0 Å². The van der Waals surface area contributed by atoms with Crippen molar-refractivity contribution < 1.29 is 0 Å². The summed E-state index contributed by atoms with van der Waals surface area (Å²) in [4.78, 5) is 0. The van der Waals surface area contributed by atoms with Crippen LogP contribution in [-0.2, 0) is 0 Å². The van der Waals surface area contributed by atoms with E-state index in [1.807, 2.05) is 0 Å². The zero-order valence-electron chi connectivity index (χ0n) is 6.44. The minimum absolute atomic E-state index is 0.235. The summed E-state index contributed by atoms with van der Waals surface area (Å²) in [5.41, 5.74) is 5.85. The van der Waals surface area contributed by atoms with E-state index in [4.69, 9.17) is 5.73 Å². The highest BCUT2D eigenvalue weighted by Crippen LogP contribution is 2.20. The molecule has 1 rings (SSSR count). The number of rotatable bonds is 1. The van der Waals surface area contributed by atoms with E-state index < -0.39 is 0 Å². The van der Waals surface area contributed by atoms with E-state index in [-0.39, 0.29) is 5.54 Å². The Balaban J connectivity index is 2.19. The molecule has 0 unspecified atom stereocenters. The van der Waals surface area contributed by atoms with Gasteiger partial charge in [0.2, 0.25) is 0 Å². The normalized spacial score (nSPS) is 34.7. The summed E-state index contributed by atoms with van der Waals surface area (Å²) in [7, 11) is 0. The first-order chi connectivity index (χ1) is 3.99. The lowest BCUT2D eigenvalue weighted by atomic mass is 10.1. The summed E-state index contributed by atoms with van der Waals surface area (Å²) in [5.74, 6) is 0. The second-order valence-corrected chi connectivity index (χ2v) is 3.90. The van der Waals surface area contributed by atoms with Crippen molar-refractivity contribution in [1.82, 2.24) is 5.32 Å². The van der Waals surface area contributed by atoms with E-state index in [2.05, 4.69) is 26.1 Å². The van der Waals surface area contributed by atoms with Gasteiger partial charge in [0.15, 0.2) is 0 Å². The largest absolute Gasteiger partial charge is 0.326 e. The third kappa shape index (κ3) is 2.33. The van der Waals surface area contributed by atoms with Gasteiger partial charge in [-0.3, -0.25) is 0 Å². The summed E-state index contributed by atoms with van der Waals surface area (Å²) >= 11 is 0. The summed E-state index contributed by atoms with van der Waals surface area (Å²) in [6, 6.07) is 1.01. The van der Waals surface area contributed by atoms with Crippen molar-refractivity contribution in [2.45, 2.75) is 44.8 Å². The molecule has 0 amide bonds. The predicted octanol–water partition coefficient (Wildman–Crippen LogP) is 0.474. The van der Waals surface area contributed by atoms with E-state index in [0.717, 1.165) is 6.42 Å². The van der Waals surface area contributed by atoms with Crippen LogP contribution in [0, 0.1) is 0 Å². The van der Waals surface area contributed by atoms with Crippen LogP contribution in [0.25, 0.3) is 0 Å². The first-order valence-electron chi connectivity index (χ1n) is 3.52. The molecular formula is C7H16N2. The van der Waals surface area contributed by atoms with Crippen molar-refractivity contribution in [3.8, 4) is 0 Å². The SMILES string of the molecule is CC(C)(C)N[C@H]1C[C@@H]1N. The smallest absolute Gasteiger partial charge is 0.0239 e. The maximum Gasteiger partial charge on any atom is 0.0239 e. The summed E-state index contributed by atoms with van der Waals surface area (Å²) in [6.45, 7) is 6.49. The van der Waals surface area contributed by atoms with Crippen LogP contribution < -0.4 is 11.1 Å². The van der Waals surface area contributed by atoms with Crippen LogP contribution in [0.1, 0.15) is 27.2 Å². The lowest BCUT2D eigenvalue weighted by Gasteiger charge is -2.20. The van der Waals surface area contributed by atoms with Crippen molar-refractivity contribution in [2.24, 2.45) is 5.73 Å². The lowest BCUT2D eigenvalue weighted by molar-refractivity contribution is 0.418. The van der Waals surface area contributed by atoms with Gasteiger partial charge in [-0.05, 0) is 27.2 Å². The number of nitrogens with two attached hydrogens (primary N) is 1. The first kappa shape index (κ1) is 7.03. The first-order valence-corrected chi connectivity index (χ1v) is 3.52. The Morgan fingerprint density at radius 3 is 2.00 bits per heavy atom. The summed E-state index contributed by atoms with van der Waals surface area (Å²) in [6.07, 6.45) is 1.15. The lowest BCUT2D eigenvalue weighted by Crippen LogP contribution is -2.39. The Morgan fingerprint density at radius 2 is 1.89 bits per heavy atom. The Bertz CT molecular complexity index is 104.